The number of nitrogens with zero attached hydrogens (tertiary/aromatic N) is 1. The Morgan fingerprint density at radius 2 is 2.21 bits per heavy atom. The van der Waals surface area contributed by atoms with Gasteiger partial charge in [0.2, 0.25) is 5.76 Å². The van der Waals surface area contributed by atoms with Crippen LogP contribution in [0.3, 0.4) is 0 Å². The number of piperidine rings is 1. The minimum absolute atomic E-state index is 0.00168. The standard InChI is InChI=1S/C14H22N2O3/c1-11-4-7-16(8-5-11)9-6-15-10-12-2-3-13(19-12)14(17)18/h2-3,11,15H,4-10H2,1H3,(H,17,18). The van der Waals surface area contributed by atoms with Gasteiger partial charge >= 0.3 is 5.97 Å². The lowest BCUT2D eigenvalue weighted by Gasteiger charge is -2.30. The predicted octanol–water partition coefficient (Wildman–Crippen LogP) is 1.80. The first-order chi connectivity index (χ1) is 9.15. The lowest BCUT2D eigenvalue weighted by molar-refractivity contribution is 0.0660. The van der Waals surface area contributed by atoms with Crippen molar-refractivity contribution in [1.82, 2.24) is 10.2 Å². The lowest BCUT2D eigenvalue weighted by atomic mass is 9.99. The van der Waals surface area contributed by atoms with Crippen LogP contribution in [0, 0.1) is 5.92 Å². The van der Waals surface area contributed by atoms with E-state index >= 15 is 0 Å². The number of rotatable bonds is 6. The van der Waals surface area contributed by atoms with E-state index in [1.54, 1.807) is 6.07 Å². The van der Waals surface area contributed by atoms with Crippen molar-refractivity contribution in [2.75, 3.05) is 26.2 Å². The fourth-order valence-corrected chi connectivity index (χ4v) is 2.32. The quantitative estimate of drug-likeness (QED) is 0.769. The van der Waals surface area contributed by atoms with Crippen LogP contribution in [0.1, 0.15) is 36.1 Å². The van der Waals surface area contributed by atoms with Gasteiger partial charge in [-0.3, -0.25) is 0 Å². The molecule has 19 heavy (non-hydrogen) atoms. The molecule has 1 aliphatic heterocycles. The molecule has 0 amide bonds. The molecule has 5 heteroatoms. The second-order valence-electron chi connectivity index (χ2n) is 5.27. The summed E-state index contributed by atoms with van der Waals surface area (Å²) in [6.45, 7) is 7.21. The van der Waals surface area contributed by atoms with Gasteiger partial charge in [0, 0.05) is 13.1 Å². The predicted molar refractivity (Wildman–Crippen MR) is 72.2 cm³/mol. The van der Waals surface area contributed by atoms with E-state index in [2.05, 4.69) is 17.1 Å². The molecule has 1 fully saturated rings. The summed E-state index contributed by atoms with van der Waals surface area (Å²) in [4.78, 5) is 13.1. The number of hydrogen-bond donors (Lipinski definition) is 2. The summed E-state index contributed by atoms with van der Waals surface area (Å²) in [6.07, 6.45) is 2.58. The van der Waals surface area contributed by atoms with E-state index in [1.165, 1.54) is 32.0 Å². The zero-order valence-corrected chi connectivity index (χ0v) is 11.4. The van der Waals surface area contributed by atoms with E-state index < -0.39 is 5.97 Å². The maximum atomic E-state index is 10.7. The molecule has 2 rings (SSSR count). The highest BCUT2D eigenvalue weighted by Crippen LogP contribution is 2.15. The van der Waals surface area contributed by atoms with E-state index in [-0.39, 0.29) is 5.76 Å². The molecule has 2 N–H and O–H groups in total. The number of aromatic carboxylic acids is 1. The normalized spacial score (nSPS) is 17.7. The van der Waals surface area contributed by atoms with Crippen molar-refractivity contribution in [3.8, 4) is 0 Å². The number of furan rings is 1. The van der Waals surface area contributed by atoms with E-state index in [0.29, 0.717) is 12.3 Å². The van der Waals surface area contributed by atoms with Crippen LogP contribution < -0.4 is 5.32 Å². The van der Waals surface area contributed by atoms with Crippen LogP contribution in [0.15, 0.2) is 16.5 Å². The average Bonchev–Trinajstić information content (AvgIpc) is 2.86. The summed E-state index contributed by atoms with van der Waals surface area (Å²) in [6, 6.07) is 3.20. The Labute approximate surface area is 113 Å². The first-order valence-corrected chi connectivity index (χ1v) is 6.90. The highest BCUT2D eigenvalue weighted by atomic mass is 16.4. The van der Waals surface area contributed by atoms with Crippen molar-refractivity contribution in [1.29, 1.82) is 0 Å². The molecule has 0 saturated carbocycles. The third-order valence-electron chi connectivity index (χ3n) is 3.65. The second kappa shape index (κ2) is 6.73. The molecule has 1 saturated heterocycles. The van der Waals surface area contributed by atoms with E-state index in [9.17, 15) is 4.79 Å². The van der Waals surface area contributed by atoms with Crippen molar-refractivity contribution in [2.45, 2.75) is 26.3 Å². The number of likely N-dealkylation sites (tertiary alicyclic amines) is 1. The van der Waals surface area contributed by atoms with Crippen molar-refractivity contribution in [3.05, 3.63) is 23.7 Å². The van der Waals surface area contributed by atoms with E-state index in [4.69, 9.17) is 9.52 Å². The first kappa shape index (κ1) is 14.1. The summed E-state index contributed by atoms with van der Waals surface area (Å²) in [5.41, 5.74) is 0. The van der Waals surface area contributed by atoms with Gasteiger partial charge in [-0.15, -0.1) is 0 Å². The molecule has 0 spiro atoms. The van der Waals surface area contributed by atoms with Crippen molar-refractivity contribution in [2.24, 2.45) is 5.92 Å². The maximum Gasteiger partial charge on any atom is 0.371 e. The van der Waals surface area contributed by atoms with Gasteiger partial charge in [-0.1, -0.05) is 6.92 Å². The molecule has 0 radical (unpaired) electrons. The topological polar surface area (TPSA) is 65.7 Å². The SMILES string of the molecule is CC1CCN(CCNCc2ccc(C(=O)O)o2)CC1. The number of carbonyl (C=O) groups is 1. The molecule has 0 bridgehead atoms. The molecule has 0 atom stereocenters. The van der Waals surface area contributed by atoms with Gasteiger partial charge in [0.15, 0.2) is 0 Å². The van der Waals surface area contributed by atoms with Gasteiger partial charge in [0.1, 0.15) is 5.76 Å². The molecule has 106 valence electrons. The van der Waals surface area contributed by atoms with E-state index in [1.807, 2.05) is 0 Å². The van der Waals surface area contributed by atoms with Crippen LogP contribution in [0.4, 0.5) is 0 Å². The molecule has 5 nitrogen and oxygen atoms in total. The van der Waals surface area contributed by atoms with Gasteiger partial charge in [-0.2, -0.15) is 0 Å². The van der Waals surface area contributed by atoms with Crippen molar-refractivity contribution < 1.29 is 14.3 Å². The Morgan fingerprint density at radius 1 is 1.47 bits per heavy atom. The zero-order valence-electron chi connectivity index (χ0n) is 11.4. The highest BCUT2D eigenvalue weighted by molar-refractivity contribution is 5.84. The minimum Gasteiger partial charge on any atom is -0.475 e. The van der Waals surface area contributed by atoms with Crippen LogP contribution in [-0.2, 0) is 6.54 Å². The average molecular weight is 266 g/mol. The second-order valence-corrected chi connectivity index (χ2v) is 5.27. The smallest absolute Gasteiger partial charge is 0.371 e. The maximum absolute atomic E-state index is 10.7. The van der Waals surface area contributed by atoms with Crippen molar-refractivity contribution in [3.63, 3.8) is 0 Å². The molecule has 2 heterocycles. The van der Waals surface area contributed by atoms with Gasteiger partial charge in [-0.25, -0.2) is 4.79 Å². The molecule has 0 aromatic carbocycles. The Hall–Kier alpha value is -1.33. The lowest BCUT2D eigenvalue weighted by Crippen LogP contribution is -2.37. The molecule has 0 unspecified atom stereocenters. The molecular formula is C14H22N2O3. The molecule has 1 aromatic heterocycles. The van der Waals surface area contributed by atoms with Gasteiger partial charge in [0.25, 0.3) is 0 Å². The van der Waals surface area contributed by atoms with E-state index in [0.717, 1.165) is 19.0 Å². The third kappa shape index (κ3) is 4.36. The summed E-state index contributed by atoms with van der Waals surface area (Å²) < 4.78 is 5.18. The summed E-state index contributed by atoms with van der Waals surface area (Å²) in [7, 11) is 0. The summed E-state index contributed by atoms with van der Waals surface area (Å²) >= 11 is 0. The Bertz CT molecular complexity index is 409. The van der Waals surface area contributed by atoms with Gasteiger partial charge < -0.3 is 19.7 Å². The fraction of sp³-hybridized carbons (Fsp3) is 0.643. The summed E-state index contributed by atoms with van der Waals surface area (Å²) in [5.74, 6) is 0.516. The fourth-order valence-electron chi connectivity index (χ4n) is 2.32. The molecule has 1 aliphatic rings. The number of carboxylic acid groups (broad SMARTS) is 1. The van der Waals surface area contributed by atoms with Crippen LogP contribution in [0.25, 0.3) is 0 Å². The number of nitrogens with one attached hydrogen (secondary N) is 1. The molecule has 1 aromatic rings. The zero-order chi connectivity index (χ0) is 13.7. The van der Waals surface area contributed by atoms with Crippen LogP contribution in [0.5, 0.6) is 0 Å². The first-order valence-electron chi connectivity index (χ1n) is 6.90. The van der Waals surface area contributed by atoms with Crippen molar-refractivity contribution >= 4 is 5.97 Å². The van der Waals surface area contributed by atoms with Gasteiger partial charge in [-0.05, 0) is 44.0 Å². The minimum atomic E-state index is -1.02. The Balaban J connectivity index is 1.62. The number of carboxylic acids is 1. The number of hydrogen-bond acceptors (Lipinski definition) is 4. The highest BCUT2D eigenvalue weighted by Gasteiger charge is 2.14. The van der Waals surface area contributed by atoms with Crippen LogP contribution in [0.2, 0.25) is 0 Å². The molecular weight excluding hydrogens is 244 g/mol. The third-order valence-corrected chi connectivity index (χ3v) is 3.65. The Kier molecular flexibility index (Phi) is 4.99. The molecule has 0 aliphatic carbocycles. The Morgan fingerprint density at radius 3 is 2.84 bits per heavy atom. The van der Waals surface area contributed by atoms with Crippen LogP contribution in [-0.4, -0.2) is 42.2 Å². The van der Waals surface area contributed by atoms with Gasteiger partial charge in [0.05, 0.1) is 6.54 Å². The van der Waals surface area contributed by atoms with Crippen LogP contribution >= 0.6 is 0 Å². The summed E-state index contributed by atoms with van der Waals surface area (Å²) in [5, 5.41) is 12.0. The largest absolute Gasteiger partial charge is 0.475 e. The monoisotopic (exact) mass is 266 g/mol.